The van der Waals surface area contributed by atoms with Crippen LogP contribution in [0.25, 0.3) is 0 Å². The van der Waals surface area contributed by atoms with Crippen LogP contribution >= 0.6 is 0 Å². The van der Waals surface area contributed by atoms with Crippen molar-refractivity contribution in [1.29, 1.82) is 0 Å². The quantitative estimate of drug-likeness (QED) is 0.0304. The van der Waals surface area contributed by atoms with Crippen LogP contribution in [-0.2, 0) is 57.0 Å². The minimum Gasteiger partial charge on any atom is -0.394 e. The summed E-state index contributed by atoms with van der Waals surface area (Å²) in [6, 6.07) is -2.83. The SMILES string of the molecule is CCCCCCCCCCCCC/C=C/[C@@H](O)[C@H](CO[C@@H]1OC(CO)[C@@H](O[C@@H]2OC(CO)[C@H](O)[C@H](O[C@@H]3OC(CO)[C@@H](O[C@@H]4OC(CO)[C@H](O)[C@H](O)C4O)[C@H](O[C@H]4OC(C)[C@@H](O)C(O)[C@@H]4O)C3NC(C)=O)C2O)[C@H](O)C1O)NC(=O)CCCCCCCCCCCCCCCCCCCCCCCCC. The third kappa shape index (κ3) is 31.6. The van der Waals surface area contributed by atoms with E-state index < -0.39 is 205 Å². The number of hydrogen-bond donors (Lipinski definition) is 17. The number of carbonyl (C=O) groups is 2. The van der Waals surface area contributed by atoms with Gasteiger partial charge in [-0.2, -0.15) is 0 Å². The minimum atomic E-state index is -2.19. The first kappa shape index (κ1) is 93.3. The maximum Gasteiger partial charge on any atom is 0.220 e. The molecule has 17 N–H and O–H groups in total. The van der Waals surface area contributed by atoms with Gasteiger partial charge in [-0.25, -0.2) is 0 Å². The van der Waals surface area contributed by atoms with Crippen LogP contribution in [0.15, 0.2) is 12.2 Å². The molecule has 0 aromatic carbocycles. The van der Waals surface area contributed by atoms with Crippen LogP contribution in [0.4, 0.5) is 0 Å². The number of hydrogen-bond acceptors (Lipinski definition) is 27. The predicted molar refractivity (Wildman–Crippen MR) is 385 cm³/mol. The van der Waals surface area contributed by atoms with Crippen LogP contribution in [0.5, 0.6) is 0 Å². The zero-order chi connectivity index (χ0) is 76.6. The summed E-state index contributed by atoms with van der Waals surface area (Å²) < 4.78 is 59.9. The topological polar surface area (TPSA) is 454 Å². The van der Waals surface area contributed by atoms with E-state index in [4.69, 9.17) is 47.4 Å². The average Bonchev–Trinajstić information content (AvgIpc) is 0.764. The molecule has 5 heterocycles. The van der Waals surface area contributed by atoms with Gasteiger partial charge in [-0.3, -0.25) is 9.59 Å². The van der Waals surface area contributed by atoms with Gasteiger partial charge in [-0.05, 0) is 26.2 Å². The van der Waals surface area contributed by atoms with Crippen molar-refractivity contribution >= 4 is 11.8 Å². The maximum atomic E-state index is 13.6. The van der Waals surface area contributed by atoms with E-state index in [0.29, 0.717) is 12.8 Å². The van der Waals surface area contributed by atoms with Crippen molar-refractivity contribution in [3.05, 3.63) is 12.2 Å². The van der Waals surface area contributed by atoms with Crippen molar-refractivity contribution in [2.75, 3.05) is 33.0 Å². The van der Waals surface area contributed by atoms with Gasteiger partial charge in [-0.1, -0.05) is 231 Å². The molecule has 29 nitrogen and oxygen atoms in total. The summed E-state index contributed by atoms with van der Waals surface area (Å²) in [6.45, 7) is 2.61. The summed E-state index contributed by atoms with van der Waals surface area (Å²) in [5, 5.41) is 171. The fraction of sp³-hybridized carbons (Fsp3) is 0.947. The Bertz CT molecular complexity index is 2270. The van der Waals surface area contributed by atoms with Gasteiger partial charge < -0.3 is 135 Å². The highest BCUT2D eigenvalue weighted by molar-refractivity contribution is 5.76. The summed E-state index contributed by atoms with van der Waals surface area (Å²) in [4.78, 5) is 26.7. The Kier molecular flexibility index (Phi) is 46.9. The smallest absolute Gasteiger partial charge is 0.220 e. The molecule has 5 aliphatic rings. The van der Waals surface area contributed by atoms with Crippen molar-refractivity contribution < 1.29 is 134 Å². The number of amides is 2. The molecule has 105 heavy (non-hydrogen) atoms. The van der Waals surface area contributed by atoms with Gasteiger partial charge in [0.15, 0.2) is 31.5 Å². The molecule has 0 aliphatic carbocycles. The molecule has 0 spiro atoms. The molecule has 5 fully saturated rings. The molecule has 0 radical (unpaired) electrons. The summed E-state index contributed by atoms with van der Waals surface area (Å²) in [6.07, 6.45) is 0.525. The minimum absolute atomic E-state index is 0.191. The van der Waals surface area contributed by atoms with Crippen LogP contribution in [0.3, 0.4) is 0 Å². The molecule has 27 atom stereocenters. The number of ether oxygens (including phenoxy) is 10. The molecule has 0 bridgehead atoms. The van der Waals surface area contributed by atoms with E-state index in [1.54, 1.807) is 6.08 Å². The van der Waals surface area contributed by atoms with Crippen LogP contribution < -0.4 is 10.6 Å². The molecule has 0 saturated carbocycles. The van der Waals surface area contributed by atoms with E-state index in [1.807, 2.05) is 6.08 Å². The van der Waals surface area contributed by atoms with Crippen molar-refractivity contribution in [1.82, 2.24) is 10.6 Å². The maximum absolute atomic E-state index is 13.6. The van der Waals surface area contributed by atoms with Gasteiger partial charge in [0.2, 0.25) is 11.8 Å². The van der Waals surface area contributed by atoms with E-state index in [2.05, 4.69) is 24.5 Å². The molecule has 5 saturated heterocycles. The first-order valence-corrected chi connectivity index (χ1v) is 40.3. The second-order valence-electron chi connectivity index (χ2n) is 29.9. The van der Waals surface area contributed by atoms with E-state index in [0.717, 1.165) is 58.3 Å². The molecule has 0 aromatic heterocycles. The average molecular weight is 1510 g/mol. The Labute approximate surface area is 623 Å². The first-order chi connectivity index (χ1) is 50.7. The zero-order valence-electron chi connectivity index (χ0n) is 63.3. The van der Waals surface area contributed by atoms with Crippen molar-refractivity contribution in [2.24, 2.45) is 0 Å². The van der Waals surface area contributed by atoms with Crippen LogP contribution in [0.1, 0.15) is 259 Å². The molecular formula is C76H140N2O27. The highest BCUT2D eigenvalue weighted by atomic mass is 16.8. The third-order valence-electron chi connectivity index (χ3n) is 21.2. The van der Waals surface area contributed by atoms with E-state index in [9.17, 15) is 86.2 Å². The second kappa shape index (κ2) is 52.8. The van der Waals surface area contributed by atoms with Crippen molar-refractivity contribution in [3.8, 4) is 0 Å². The second-order valence-corrected chi connectivity index (χ2v) is 29.9. The molecule has 29 heteroatoms. The Morgan fingerprint density at radius 1 is 0.390 bits per heavy atom. The number of carbonyl (C=O) groups excluding carboxylic acids is 2. The highest BCUT2D eigenvalue weighted by Crippen LogP contribution is 2.38. The van der Waals surface area contributed by atoms with Gasteiger partial charge in [0, 0.05) is 13.3 Å². The molecule has 616 valence electrons. The van der Waals surface area contributed by atoms with E-state index >= 15 is 0 Å². The highest BCUT2D eigenvalue weighted by Gasteiger charge is 2.58. The molecule has 0 aromatic rings. The zero-order valence-corrected chi connectivity index (χ0v) is 63.3. The normalized spacial score (nSPS) is 34.5. The number of rotatable bonds is 55. The summed E-state index contributed by atoms with van der Waals surface area (Å²) in [7, 11) is 0. The van der Waals surface area contributed by atoms with Crippen molar-refractivity contribution in [3.63, 3.8) is 0 Å². The molecule has 5 aliphatic heterocycles. The summed E-state index contributed by atoms with van der Waals surface area (Å²) >= 11 is 0. The van der Waals surface area contributed by atoms with Gasteiger partial charge in [-0.15, -0.1) is 0 Å². The van der Waals surface area contributed by atoms with Gasteiger partial charge in [0.05, 0.1) is 51.3 Å². The monoisotopic (exact) mass is 1510 g/mol. The lowest BCUT2D eigenvalue weighted by Gasteiger charge is -2.51. The van der Waals surface area contributed by atoms with E-state index in [-0.39, 0.29) is 12.3 Å². The lowest BCUT2D eigenvalue weighted by Crippen LogP contribution is -2.71. The predicted octanol–water partition coefficient (Wildman–Crippen LogP) is 3.76. The van der Waals surface area contributed by atoms with Crippen LogP contribution in [0, 0.1) is 0 Å². The fourth-order valence-corrected chi connectivity index (χ4v) is 14.6. The third-order valence-corrected chi connectivity index (χ3v) is 21.2. The van der Waals surface area contributed by atoms with Crippen molar-refractivity contribution in [2.45, 2.75) is 424 Å². The Hall–Kier alpha value is -2.32. The van der Waals surface area contributed by atoms with Crippen LogP contribution in [-0.4, -0.2) is 287 Å². The molecule has 5 rings (SSSR count). The summed E-state index contributed by atoms with van der Waals surface area (Å²) in [5.41, 5.74) is 0. The lowest BCUT2D eigenvalue weighted by atomic mass is 9.93. The number of aliphatic hydroxyl groups is 15. The van der Waals surface area contributed by atoms with Gasteiger partial charge in [0.25, 0.3) is 0 Å². The number of nitrogens with one attached hydrogen (secondary N) is 2. The lowest BCUT2D eigenvalue weighted by molar-refractivity contribution is -0.392. The first-order valence-electron chi connectivity index (χ1n) is 40.3. The van der Waals surface area contributed by atoms with Crippen LogP contribution in [0.2, 0.25) is 0 Å². The molecule has 10 unspecified atom stereocenters. The Morgan fingerprint density at radius 2 is 0.762 bits per heavy atom. The fourth-order valence-electron chi connectivity index (χ4n) is 14.6. The largest absolute Gasteiger partial charge is 0.394 e. The Balaban J connectivity index is 1.19. The van der Waals surface area contributed by atoms with Gasteiger partial charge >= 0.3 is 0 Å². The Morgan fingerprint density at radius 3 is 1.24 bits per heavy atom. The summed E-state index contributed by atoms with van der Waals surface area (Å²) in [5.74, 6) is -1.16. The van der Waals surface area contributed by atoms with E-state index in [1.165, 1.54) is 167 Å². The molecule has 2 amide bonds. The van der Waals surface area contributed by atoms with Gasteiger partial charge in [0.1, 0.15) is 116 Å². The number of unbranched alkanes of at least 4 members (excludes halogenated alkanes) is 33. The standard InChI is InChI=1S/C76H140N2O27/c1-5-7-9-11-13-15-17-19-20-21-22-23-24-25-26-27-28-30-32-34-36-38-40-42-56(85)78-50(51(84)41-39-37-35-33-31-29-18-16-14-12-10-8-6-2)47-96-73-66(94)63(91)68(54(45-81)101-73)102-76-67(95)71(60(88)53(44-80)99-76)105-72-57(77-49(4)83)70(104-74-64(92)61(89)58(86)48(3)97-74)69(55(46-82)100-72)103-75-65(93)62(90)59(87)52(43-79)98-75/h39,41,48,50-55,57-76,79-82,84,86-95H,5-38,40,42-47H2,1-4H3,(H,77,83)(H,78,85)/b41-39+/t48?,50-,51+,52?,53?,54?,55?,57?,58+,59-,60-,61?,62-,63+,64-,65?,66?,67?,68+,69+,70+,71-,72-,73+,74+,75-,76-/m0/s1. The number of aliphatic hydroxyl groups excluding tert-OH is 15. The molecular weight excluding hydrogens is 1370 g/mol. The number of allylic oxidation sites excluding steroid dienone is 1.